The topological polar surface area (TPSA) is 27.7 Å². The van der Waals surface area contributed by atoms with E-state index in [4.69, 9.17) is 14.2 Å². The summed E-state index contributed by atoms with van der Waals surface area (Å²) in [6, 6.07) is 7.84. The van der Waals surface area contributed by atoms with Crippen molar-refractivity contribution in [1.82, 2.24) is 0 Å². The molecule has 0 saturated carbocycles. The molecule has 1 heterocycles. The second-order valence-electron chi connectivity index (χ2n) is 4.56. The van der Waals surface area contributed by atoms with Gasteiger partial charge in [0.05, 0.1) is 20.3 Å². The second kappa shape index (κ2) is 6.55. The minimum atomic E-state index is -0.103. The zero-order chi connectivity index (χ0) is 13.7. The standard InChI is InChI=1S/C16H20O3/c1-4-15-16(12(2)9-10-18-15)19-11-13-5-7-14(17-3)8-6-13/h4-8,15-16H,1-2,9-11H2,3H3/t15-,16?/m1/s1. The van der Waals surface area contributed by atoms with E-state index in [2.05, 4.69) is 13.2 Å². The maximum atomic E-state index is 5.92. The van der Waals surface area contributed by atoms with Gasteiger partial charge in [0.15, 0.2) is 0 Å². The van der Waals surface area contributed by atoms with Crippen LogP contribution in [0.5, 0.6) is 5.75 Å². The van der Waals surface area contributed by atoms with Crippen molar-refractivity contribution in [2.45, 2.75) is 25.2 Å². The van der Waals surface area contributed by atoms with Crippen LogP contribution in [-0.4, -0.2) is 25.9 Å². The molecule has 1 aliphatic heterocycles. The van der Waals surface area contributed by atoms with Crippen molar-refractivity contribution in [3.05, 3.63) is 54.6 Å². The third-order valence-corrected chi connectivity index (χ3v) is 3.26. The maximum absolute atomic E-state index is 5.92. The van der Waals surface area contributed by atoms with Crippen LogP contribution in [0.3, 0.4) is 0 Å². The molecule has 1 saturated heterocycles. The molecule has 1 aromatic rings. The SMILES string of the molecule is C=C[C@H]1OCCC(=C)C1OCc1ccc(OC)cc1. The van der Waals surface area contributed by atoms with E-state index < -0.39 is 0 Å². The highest BCUT2D eigenvalue weighted by Gasteiger charge is 2.27. The van der Waals surface area contributed by atoms with Gasteiger partial charge in [-0.2, -0.15) is 0 Å². The van der Waals surface area contributed by atoms with Crippen LogP contribution in [0.4, 0.5) is 0 Å². The summed E-state index contributed by atoms with van der Waals surface area (Å²) >= 11 is 0. The molecule has 1 fully saturated rings. The van der Waals surface area contributed by atoms with E-state index in [1.165, 1.54) is 0 Å². The fraction of sp³-hybridized carbons (Fsp3) is 0.375. The highest BCUT2D eigenvalue weighted by atomic mass is 16.5. The summed E-state index contributed by atoms with van der Waals surface area (Å²) in [7, 11) is 1.66. The lowest BCUT2D eigenvalue weighted by atomic mass is 10.0. The Morgan fingerprint density at radius 2 is 2.11 bits per heavy atom. The van der Waals surface area contributed by atoms with Crippen LogP contribution in [0.1, 0.15) is 12.0 Å². The molecule has 3 nitrogen and oxygen atoms in total. The third-order valence-electron chi connectivity index (χ3n) is 3.26. The Kier molecular flexibility index (Phi) is 4.77. The Labute approximate surface area is 114 Å². The number of rotatable bonds is 5. The molecule has 19 heavy (non-hydrogen) atoms. The minimum absolute atomic E-state index is 0.0977. The fourth-order valence-electron chi connectivity index (χ4n) is 2.10. The van der Waals surface area contributed by atoms with E-state index in [-0.39, 0.29) is 12.2 Å². The Balaban J connectivity index is 1.95. The molecule has 1 aromatic carbocycles. The molecule has 1 unspecified atom stereocenters. The molecule has 2 atom stereocenters. The summed E-state index contributed by atoms with van der Waals surface area (Å²) in [4.78, 5) is 0. The first-order valence-corrected chi connectivity index (χ1v) is 6.41. The number of methoxy groups -OCH3 is 1. The summed E-state index contributed by atoms with van der Waals surface area (Å²) in [6.07, 6.45) is 2.42. The number of benzene rings is 1. The van der Waals surface area contributed by atoms with Crippen LogP contribution in [0.25, 0.3) is 0 Å². The van der Waals surface area contributed by atoms with Crippen molar-refractivity contribution in [3.63, 3.8) is 0 Å². The molecular formula is C16H20O3. The molecule has 0 bridgehead atoms. The van der Waals surface area contributed by atoms with Gasteiger partial charge in [-0.3, -0.25) is 0 Å². The van der Waals surface area contributed by atoms with E-state index in [0.29, 0.717) is 13.2 Å². The van der Waals surface area contributed by atoms with Crippen LogP contribution >= 0.6 is 0 Å². The Morgan fingerprint density at radius 1 is 1.37 bits per heavy atom. The van der Waals surface area contributed by atoms with E-state index in [1.807, 2.05) is 24.3 Å². The van der Waals surface area contributed by atoms with Gasteiger partial charge in [0.2, 0.25) is 0 Å². The van der Waals surface area contributed by atoms with Gasteiger partial charge in [0, 0.05) is 0 Å². The Morgan fingerprint density at radius 3 is 2.74 bits per heavy atom. The molecule has 0 spiro atoms. The lowest BCUT2D eigenvalue weighted by Gasteiger charge is -2.31. The van der Waals surface area contributed by atoms with E-state index in [9.17, 15) is 0 Å². The van der Waals surface area contributed by atoms with Crippen molar-refractivity contribution < 1.29 is 14.2 Å². The zero-order valence-corrected chi connectivity index (χ0v) is 11.3. The Bertz CT molecular complexity index is 436. The highest BCUT2D eigenvalue weighted by Crippen LogP contribution is 2.23. The molecule has 3 heteroatoms. The zero-order valence-electron chi connectivity index (χ0n) is 11.3. The molecule has 0 aromatic heterocycles. The summed E-state index contributed by atoms with van der Waals surface area (Å²) < 4.78 is 16.7. The molecular weight excluding hydrogens is 240 g/mol. The van der Waals surface area contributed by atoms with Crippen LogP contribution in [0, 0.1) is 0 Å². The number of ether oxygens (including phenoxy) is 3. The van der Waals surface area contributed by atoms with Gasteiger partial charge < -0.3 is 14.2 Å². The summed E-state index contributed by atoms with van der Waals surface area (Å²) in [5, 5.41) is 0. The van der Waals surface area contributed by atoms with Gasteiger partial charge >= 0.3 is 0 Å². The van der Waals surface area contributed by atoms with Crippen molar-refractivity contribution in [1.29, 1.82) is 0 Å². The number of hydrogen-bond donors (Lipinski definition) is 0. The smallest absolute Gasteiger partial charge is 0.118 e. The molecule has 0 radical (unpaired) electrons. The average molecular weight is 260 g/mol. The van der Waals surface area contributed by atoms with Crippen LogP contribution in [0.2, 0.25) is 0 Å². The van der Waals surface area contributed by atoms with Crippen LogP contribution in [0.15, 0.2) is 49.1 Å². The molecule has 102 valence electrons. The summed E-state index contributed by atoms with van der Waals surface area (Å²) in [5.74, 6) is 0.845. The first kappa shape index (κ1) is 13.8. The normalized spacial score (nSPS) is 23.1. The van der Waals surface area contributed by atoms with Gasteiger partial charge in [-0.25, -0.2) is 0 Å². The largest absolute Gasteiger partial charge is 0.497 e. The molecule has 0 amide bonds. The van der Waals surface area contributed by atoms with Crippen molar-refractivity contribution >= 4 is 0 Å². The Hall–Kier alpha value is -1.58. The summed E-state index contributed by atoms with van der Waals surface area (Å²) in [5.41, 5.74) is 2.17. The first-order valence-electron chi connectivity index (χ1n) is 6.41. The van der Waals surface area contributed by atoms with Crippen molar-refractivity contribution in [2.24, 2.45) is 0 Å². The van der Waals surface area contributed by atoms with Gasteiger partial charge in [-0.15, -0.1) is 6.58 Å². The lowest BCUT2D eigenvalue weighted by Crippen LogP contribution is -2.36. The summed E-state index contributed by atoms with van der Waals surface area (Å²) in [6.45, 7) is 9.07. The predicted molar refractivity (Wildman–Crippen MR) is 75.3 cm³/mol. The van der Waals surface area contributed by atoms with E-state index >= 15 is 0 Å². The molecule has 2 rings (SSSR count). The van der Waals surface area contributed by atoms with Crippen molar-refractivity contribution in [3.8, 4) is 5.75 Å². The second-order valence-corrected chi connectivity index (χ2v) is 4.56. The lowest BCUT2D eigenvalue weighted by molar-refractivity contribution is -0.0615. The van der Waals surface area contributed by atoms with Crippen LogP contribution in [-0.2, 0) is 16.1 Å². The molecule has 0 aliphatic carbocycles. The van der Waals surface area contributed by atoms with Gasteiger partial charge in [-0.1, -0.05) is 24.8 Å². The van der Waals surface area contributed by atoms with E-state index in [1.54, 1.807) is 13.2 Å². The van der Waals surface area contributed by atoms with E-state index in [0.717, 1.165) is 23.3 Å². The number of hydrogen-bond acceptors (Lipinski definition) is 3. The molecule has 0 N–H and O–H groups in total. The van der Waals surface area contributed by atoms with Gasteiger partial charge in [0.25, 0.3) is 0 Å². The van der Waals surface area contributed by atoms with Crippen molar-refractivity contribution in [2.75, 3.05) is 13.7 Å². The highest BCUT2D eigenvalue weighted by molar-refractivity contribution is 5.26. The predicted octanol–water partition coefficient (Wildman–Crippen LogP) is 3.11. The monoisotopic (exact) mass is 260 g/mol. The quantitative estimate of drug-likeness (QED) is 0.761. The minimum Gasteiger partial charge on any atom is -0.497 e. The van der Waals surface area contributed by atoms with Crippen LogP contribution < -0.4 is 4.74 Å². The molecule has 1 aliphatic rings. The average Bonchev–Trinajstić information content (AvgIpc) is 2.46. The van der Waals surface area contributed by atoms with Gasteiger partial charge in [0.1, 0.15) is 18.0 Å². The fourth-order valence-corrected chi connectivity index (χ4v) is 2.10. The third kappa shape index (κ3) is 3.46. The first-order chi connectivity index (χ1) is 9.24. The van der Waals surface area contributed by atoms with Gasteiger partial charge in [-0.05, 0) is 29.7 Å². The maximum Gasteiger partial charge on any atom is 0.118 e.